The average molecular weight is 356 g/mol. The van der Waals surface area contributed by atoms with Gasteiger partial charge in [-0.15, -0.1) is 0 Å². The van der Waals surface area contributed by atoms with Crippen LogP contribution < -0.4 is 4.74 Å². The van der Waals surface area contributed by atoms with Crippen molar-refractivity contribution in [1.29, 1.82) is 0 Å². The lowest BCUT2D eigenvalue weighted by molar-refractivity contribution is 0.0712. The first-order valence-electron chi connectivity index (χ1n) is 8.89. The van der Waals surface area contributed by atoms with E-state index in [4.69, 9.17) is 4.74 Å². The summed E-state index contributed by atoms with van der Waals surface area (Å²) in [6, 6.07) is 8.96. The lowest BCUT2D eigenvalue weighted by Gasteiger charge is -2.22. The molecule has 26 heavy (non-hydrogen) atoms. The molecule has 1 aromatic heterocycles. The average Bonchev–Trinajstić information content (AvgIpc) is 2.93. The Morgan fingerprint density at radius 2 is 1.81 bits per heavy atom. The van der Waals surface area contributed by atoms with Gasteiger partial charge in [0.2, 0.25) is 0 Å². The van der Waals surface area contributed by atoms with Gasteiger partial charge in [-0.25, -0.2) is 0 Å². The van der Waals surface area contributed by atoms with Crippen molar-refractivity contribution in [2.45, 2.75) is 13.3 Å². The maximum absolute atomic E-state index is 12.8. The Bertz CT molecular complexity index is 787. The molecule has 1 aliphatic heterocycles. The fourth-order valence-corrected chi connectivity index (χ4v) is 3.14. The Hall–Kier alpha value is -2.83. The number of benzene rings is 1. The molecule has 1 aromatic carbocycles. The number of amides is 2. The summed E-state index contributed by atoms with van der Waals surface area (Å²) in [5.41, 5.74) is 1.18. The number of hydrogen-bond donors (Lipinski definition) is 0. The second-order valence-corrected chi connectivity index (χ2v) is 6.24. The first kappa shape index (κ1) is 18.0. The van der Waals surface area contributed by atoms with Crippen LogP contribution in [0.5, 0.6) is 5.75 Å². The van der Waals surface area contributed by atoms with Crippen molar-refractivity contribution in [3.8, 4) is 5.75 Å². The Kier molecular flexibility index (Phi) is 5.55. The predicted octanol–water partition coefficient (Wildman–Crippen LogP) is 1.81. The van der Waals surface area contributed by atoms with Crippen LogP contribution in [0, 0.1) is 0 Å². The topological polar surface area (TPSA) is 67.7 Å². The van der Waals surface area contributed by atoms with E-state index < -0.39 is 0 Å². The molecule has 0 unspecified atom stereocenters. The maximum Gasteiger partial charge on any atom is 0.272 e. The van der Waals surface area contributed by atoms with Crippen molar-refractivity contribution in [3.63, 3.8) is 0 Å². The van der Waals surface area contributed by atoms with Gasteiger partial charge < -0.3 is 14.5 Å². The van der Waals surface area contributed by atoms with E-state index in [9.17, 15) is 9.59 Å². The lowest BCUT2D eigenvalue weighted by atomic mass is 10.2. The molecule has 1 fully saturated rings. The zero-order chi connectivity index (χ0) is 18.5. The molecule has 2 heterocycles. The van der Waals surface area contributed by atoms with Crippen molar-refractivity contribution in [1.82, 2.24) is 19.6 Å². The summed E-state index contributed by atoms with van der Waals surface area (Å²) in [6.45, 7) is 4.77. The molecule has 0 atom stereocenters. The number of aryl methyl sites for hydroxylation is 1. The van der Waals surface area contributed by atoms with Gasteiger partial charge in [-0.3, -0.25) is 14.3 Å². The minimum absolute atomic E-state index is 0.0265. The summed E-state index contributed by atoms with van der Waals surface area (Å²) in [5.74, 6) is 0.625. The SMILES string of the molecule is CCOc1cccc(C(=O)N2CCCN(C(=O)c3ccnn3C)CC2)c1. The molecule has 3 rings (SSSR count). The highest BCUT2D eigenvalue weighted by molar-refractivity contribution is 5.95. The molecule has 0 bridgehead atoms. The Morgan fingerprint density at radius 1 is 1.08 bits per heavy atom. The summed E-state index contributed by atoms with van der Waals surface area (Å²) in [4.78, 5) is 29.1. The molecule has 0 saturated carbocycles. The molecule has 7 heteroatoms. The van der Waals surface area contributed by atoms with E-state index in [1.807, 2.05) is 24.0 Å². The van der Waals surface area contributed by atoms with E-state index in [1.54, 1.807) is 41.0 Å². The third kappa shape index (κ3) is 3.87. The molecule has 1 aliphatic rings. The predicted molar refractivity (Wildman–Crippen MR) is 97.2 cm³/mol. The van der Waals surface area contributed by atoms with Gasteiger partial charge in [0.1, 0.15) is 11.4 Å². The number of aromatic nitrogens is 2. The zero-order valence-corrected chi connectivity index (χ0v) is 15.2. The summed E-state index contributed by atoms with van der Waals surface area (Å²) in [7, 11) is 1.76. The normalized spacial score (nSPS) is 14.8. The smallest absolute Gasteiger partial charge is 0.272 e. The van der Waals surface area contributed by atoms with Gasteiger partial charge in [0, 0.05) is 45.0 Å². The number of carbonyl (C=O) groups excluding carboxylic acids is 2. The number of rotatable bonds is 4. The van der Waals surface area contributed by atoms with E-state index in [2.05, 4.69) is 5.10 Å². The van der Waals surface area contributed by atoms with Crippen LogP contribution in [-0.4, -0.2) is 64.2 Å². The van der Waals surface area contributed by atoms with Crippen molar-refractivity contribution in [2.24, 2.45) is 7.05 Å². The second-order valence-electron chi connectivity index (χ2n) is 6.24. The van der Waals surface area contributed by atoms with E-state index in [1.165, 1.54) is 0 Å². The molecular formula is C19H24N4O3. The second kappa shape index (κ2) is 8.03. The van der Waals surface area contributed by atoms with E-state index >= 15 is 0 Å². The fraction of sp³-hybridized carbons (Fsp3) is 0.421. The summed E-state index contributed by atoms with van der Waals surface area (Å²) >= 11 is 0. The van der Waals surface area contributed by atoms with Crippen molar-refractivity contribution >= 4 is 11.8 Å². The molecule has 7 nitrogen and oxygen atoms in total. The standard InChI is InChI=1S/C19H24N4O3/c1-3-26-16-7-4-6-15(14-16)18(24)22-10-5-11-23(13-12-22)19(25)17-8-9-20-21(17)2/h4,6-9,14H,3,5,10-13H2,1-2H3. The molecule has 1 saturated heterocycles. The van der Waals surface area contributed by atoms with Crippen LogP contribution in [0.25, 0.3) is 0 Å². The van der Waals surface area contributed by atoms with Crippen molar-refractivity contribution < 1.29 is 14.3 Å². The van der Waals surface area contributed by atoms with Crippen molar-refractivity contribution in [3.05, 3.63) is 47.8 Å². The van der Waals surface area contributed by atoms with Crippen LogP contribution in [0.2, 0.25) is 0 Å². The highest BCUT2D eigenvalue weighted by Crippen LogP contribution is 2.17. The Balaban J connectivity index is 1.66. The number of nitrogens with zero attached hydrogens (tertiary/aromatic N) is 4. The van der Waals surface area contributed by atoms with Crippen LogP contribution in [0.15, 0.2) is 36.5 Å². The monoisotopic (exact) mass is 356 g/mol. The fourth-order valence-electron chi connectivity index (χ4n) is 3.14. The van der Waals surface area contributed by atoms with E-state index in [-0.39, 0.29) is 11.8 Å². The highest BCUT2D eigenvalue weighted by atomic mass is 16.5. The molecule has 2 amide bonds. The van der Waals surface area contributed by atoms with Crippen LogP contribution in [0.4, 0.5) is 0 Å². The quantitative estimate of drug-likeness (QED) is 0.838. The van der Waals surface area contributed by atoms with Crippen molar-refractivity contribution in [2.75, 3.05) is 32.8 Å². The maximum atomic E-state index is 12.8. The van der Waals surface area contributed by atoms with Gasteiger partial charge in [0.05, 0.1) is 6.61 Å². The van der Waals surface area contributed by atoms with Crippen LogP contribution in [0.3, 0.4) is 0 Å². The minimum atomic E-state index is -0.0438. The van der Waals surface area contributed by atoms with E-state index in [0.29, 0.717) is 49.8 Å². The van der Waals surface area contributed by atoms with Gasteiger partial charge in [-0.05, 0) is 37.6 Å². The van der Waals surface area contributed by atoms with Crippen LogP contribution >= 0.6 is 0 Å². The Morgan fingerprint density at radius 3 is 2.46 bits per heavy atom. The van der Waals surface area contributed by atoms with Gasteiger partial charge in [-0.2, -0.15) is 5.10 Å². The van der Waals surface area contributed by atoms with Gasteiger partial charge in [0.15, 0.2) is 0 Å². The molecule has 2 aromatic rings. The van der Waals surface area contributed by atoms with Gasteiger partial charge in [0.25, 0.3) is 11.8 Å². The first-order chi connectivity index (χ1) is 12.6. The van der Waals surface area contributed by atoms with Gasteiger partial charge in [-0.1, -0.05) is 6.07 Å². The van der Waals surface area contributed by atoms with E-state index in [0.717, 1.165) is 6.42 Å². The number of hydrogen-bond acceptors (Lipinski definition) is 4. The van der Waals surface area contributed by atoms with Crippen LogP contribution in [-0.2, 0) is 7.05 Å². The highest BCUT2D eigenvalue weighted by Gasteiger charge is 2.24. The summed E-state index contributed by atoms with van der Waals surface area (Å²) in [5, 5.41) is 4.05. The zero-order valence-electron chi connectivity index (χ0n) is 15.2. The molecule has 0 radical (unpaired) electrons. The third-order valence-corrected chi connectivity index (χ3v) is 4.50. The minimum Gasteiger partial charge on any atom is -0.494 e. The van der Waals surface area contributed by atoms with Gasteiger partial charge >= 0.3 is 0 Å². The lowest BCUT2D eigenvalue weighted by Crippen LogP contribution is -2.38. The molecule has 0 aliphatic carbocycles. The third-order valence-electron chi connectivity index (χ3n) is 4.50. The molecule has 0 N–H and O–H groups in total. The number of ether oxygens (including phenoxy) is 1. The number of carbonyl (C=O) groups is 2. The first-order valence-corrected chi connectivity index (χ1v) is 8.89. The van der Waals surface area contributed by atoms with Crippen LogP contribution in [0.1, 0.15) is 34.2 Å². The Labute approximate surface area is 153 Å². The summed E-state index contributed by atoms with van der Waals surface area (Å²) < 4.78 is 7.06. The largest absolute Gasteiger partial charge is 0.494 e. The molecular weight excluding hydrogens is 332 g/mol. The molecule has 138 valence electrons. The summed E-state index contributed by atoms with van der Waals surface area (Å²) in [6.07, 6.45) is 2.37. The molecule has 0 spiro atoms.